The van der Waals surface area contributed by atoms with Crippen LogP contribution in [0.1, 0.15) is 37.9 Å². The van der Waals surface area contributed by atoms with Gasteiger partial charge >= 0.3 is 0 Å². The fourth-order valence-corrected chi connectivity index (χ4v) is 2.58. The van der Waals surface area contributed by atoms with Crippen molar-refractivity contribution in [1.82, 2.24) is 9.88 Å². The standard InChI is InChI=1S/C13H21N3/c1-11(13-7-2-4-8-15-13)16-9-5-3-6-12(16)10-14/h2,4,7-8,11-12H,3,5-6,9-10,14H2,1H3/t11-,12-/m1/s1. The zero-order chi connectivity index (χ0) is 11.4. The van der Waals surface area contributed by atoms with Crippen LogP contribution in [0.2, 0.25) is 0 Å². The van der Waals surface area contributed by atoms with Crippen molar-refractivity contribution < 1.29 is 0 Å². The van der Waals surface area contributed by atoms with Crippen LogP contribution in [-0.4, -0.2) is 29.0 Å². The SMILES string of the molecule is C[C@H](c1ccccn1)N1CCCC[C@@H]1CN. The third-order valence-electron chi connectivity index (χ3n) is 3.56. The number of likely N-dealkylation sites (tertiary alicyclic amines) is 1. The van der Waals surface area contributed by atoms with E-state index in [2.05, 4.69) is 28.9 Å². The van der Waals surface area contributed by atoms with Crippen molar-refractivity contribution in [2.45, 2.75) is 38.3 Å². The van der Waals surface area contributed by atoms with Crippen molar-refractivity contribution in [3.8, 4) is 0 Å². The largest absolute Gasteiger partial charge is 0.329 e. The Labute approximate surface area is 97.7 Å². The van der Waals surface area contributed by atoms with E-state index in [-0.39, 0.29) is 0 Å². The predicted molar refractivity (Wildman–Crippen MR) is 66.1 cm³/mol. The molecule has 0 radical (unpaired) electrons. The molecule has 1 aromatic heterocycles. The first-order chi connectivity index (χ1) is 7.83. The molecular formula is C13H21N3. The molecule has 2 heterocycles. The molecule has 3 nitrogen and oxygen atoms in total. The summed E-state index contributed by atoms with van der Waals surface area (Å²) in [4.78, 5) is 6.95. The summed E-state index contributed by atoms with van der Waals surface area (Å²) >= 11 is 0. The lowest BCUT2D eigenvalue weighted by Crippen LogP contribution is -2.45. The topological polar surface area (TPSA) is 42.2 Å². The van der Waals surface area contributed by atoms with E-state index in [0.717, 1.165) is 18.8 Å². The van der Waals surface area contributed by atoms with Gasteiger partial charge in [0.25, 0.3) is 0 Å². The van der Waals surface area contributed by atoms with Crippen LogP contribution < -0.4 is 5.73 Å². The Balaban J connectivity index is 2.10. The lowest BCUT2D eigenvalue weighted by molar-refractivity contribution is 0.106. The van der Waals surface area contributed by atoms with E-state index in [4.69, 9.17) is 5.73 Å². The molecule has 0 bridgehead atoms. The van der Waals surface area contributed by atoms with Gasteiger partial charge in [0.15, 0.2) is 0 Å². The summed E-state index contributed by atoms with van der Waals surface area (Å²) in [6.07, 6.45) is 5.70. The summed E-state index contributed by atoms with van der Waals surface area (Å²) < 4.78 is 0. The average molecular weight is 219 g/mol. The molecule has 88 valence electrons. The van der Waals surface area contributed by atoms with Gasteiger partial charge in [0.2, 0.25) is 0 Å². The molecule has 0 saturated carbocycles. The van der Waals surface area contributed by atoms with Gasteiger partial charge in [-0.2, -0.15) is 0 Å². The quantitative estimate of drug-likeness (QED) is 0.845. The third kappa shape index (κ3) is 2.42. The van der Waals surface area contributed by atoms with Crippen LogP contribution in [0.5, 0.6) is 0 Å². The number of nitrogens with zero attached hydrogens (tertiary/aromatic N) is 2. The minimum atomic E-state index is 0.384. The van der Waals surface area contributed by atoms with Gasteiger partial charge in [-0.25, -0.2) is 0 Å². The van der Waals surface area contributed by atoms with Crippen molar-refractivity contribution in [3.63, 3.8) is 0 Å². The summed E-state index contributed by atoms with van der Waals surface area (Å²) in [6.45, 7) is 4.15. The van der Waals surface area contributed by atoms with E-state index in [1.54, 1.807) is 0 Å². The normalized spacial score (nSPS) is 24.2. The van der Waals surface area contributed by atoms with Gasteiger partial charge in [0.1, 0.15) is 0 Å². The van der Waals surface area contributed by atoms with Crippen LogP contribution in [0.3, 0.4) is 0 Å². The number of aromatic nitrogens is 1. The van der Waals surface area contributed by atoms with Crippen molar-refractivity contribution in [3.05, 3.63) is 30.1 Å². The highest BCUT2D eigenvalue weighted by atomic mass is 15.2. The Morgan fingerprint density at radius 1 is 1.50 bits per heavy atom. The Bertz CT molecular complexity index is 312. The number of pyridine rings is 1. The molecule has 0 aromatic carbocycles. The van der Waals surface area contributed by atoms with Crippen LogP contribution in [0.25, 0.3) is 0 Å². The second-order valence-electron chi connectivity index (χ2n) is 4.55. The Hall–Kier alpha value is -0.930. The van der Waals surface area contributed by atoms with Crippen LogP contribution in [0.4, 0.5) is 0 Å². The molecule has 0 amide bonds. The van der Waals surface area contributed by atoms with E-state index in [1.807, 2.05) is 12.3 Å². The van der Waals surface area contributed by atoms with E-state index >= 15 is 0 Å². The van der Waals surface area contributed by atoms with Crippen molar-refractivity contribution in [1.29, 1.82) is 0 Å². The maximum Gasteiger partial charge on any atom is 0.0572 e. The van der Waals surface area contributed by atoms with E-state index in [1.165, 1.54) is 19.3 Å². The molecule has 2 atom stereocenters. The molecule has 1 aliphatic heterocycles. The summed E-state index contributed by atoms with van der Waals surface area (Å²) in [6, 6.07) is 7.04. The molecule has 1 saturated heterocycles. The Morgan fingerprint density at radius 2 is 2.38 bits per heavy atom. The van der Waals surface area contributed by atoms with Gasteiger partial charge < -0.3 is 5.73 Å². The molecule has 2 rings (SSSR count). The first kappa shape index (κ1) is 11.6. The summed E-state index contributed by atoms with van der Waals surface area (Å²) in [7, 11) is 0. The minimum absolute atomic E-state index is 0.384. The van der Waals surface area contributed by atoms with Crippen molar-refractivity contribution in [2.75, 3.05) is 13.1 Å². The Morgan fingerprint density at radius 3 is 3.06 bits per heavy atom. The third-order valence-corrected chi connectivity index (χ3v) is 3.56. The molecule has 0 unspecified atom stereocenters. The molecule has 3 heteroatoms. The molecule has 1 aromatic rings. The molecule has 1 aliphatic rings. The molecule has 0 aliphatic carbocycles. The number of piperidine rings is 1. The molecular weight excluding hydrogens is 198 g/mol. The number of nitrogens with two attached hydrogens (primary N) is 1. The zero-order valence-corrected chi connectivity index (χ0v) is 9.97. The smallest absolute Gasteiger partial charge is 0.0572 e. The minimum Gasteiger partial charge on any atom is -0.329 e. The van der Waals surface area contributed by atoms with Crippen molar-refractivity contribution in [2.24, 2.45) is 5.73 Å². The van der Waals surface area contributed by atoms with E-state index < -0.39 is 0 Å². The summed E-state index contributed by atoms with van der Waals surface area (Å²) in [5.74, 6) is 0. The Kier molecular flexibility index (Phi) is 3.91. The number of hydrogen-bond donors (Lipinski definition) is 1. The molecule has 1 fully saturated rings. The highest BCUT2D eigenvalue weighted by molar-refractivity contribution is 5.08. The zero-order valence-electron chi connectivity index (χ0n) is 9.97. The number of rotatable bonds is 3. The van der Waals surface area contributed by atoms with Crippen LogP contribution >= 0.6 is 0 Å². The lowest BCUT2D eigenvalue weighted by Gasteiger charge is -2.39. The highest BCUT2D eigenvalue weighted by Crippen LogP contribution is 2.26. The van der Waals surface area contributed by atoms with E-state index in [0.29, 0.717) is 12.1 Å². The van der Waals surface area contributed by atoms with Gasteiger partial charge in [0.05, 0.1) is 5.69 Å². The first-order valence-electron chi connectivity index (χ1n) is 6.19. The number of hydrogen-bond acceptors (Lipinski definition) is 3. The van der Waals surface area contributed by atoms with Gasteiger partial charge in [-0.15, -0.1) is 0 Å². The van der Waals surface area contributed by atoms with Crippen molar-refractivity contribution >= 4 is 0 Å². The van der Waals surface area contributed by atoms with Gasteiger partial charge in [-0.1, -0.05) is 12.5 Å². The molecule has 2 N–H and O–H groups in total. The van der Waals surface area contributed by atoms with Gasteiger partial charge in [-0.3, -0.25) is 9.88 Å². The first-order valence-corrected chi connectivity index (χ1v) is 6.19. The maximum absolute atomic E-state index is 5.85. The maximum atomic E-state index is 5.85. The van der Waals surface area contributed by atoms with Crippen LogP contribution in [-0.2, 0) is 0 Å². The second-order valence-corrected chi connectivity index (χ2v) is 4.55. The predicted octanol–water partition coefficient (Wildman–Crippen LogP) is 1.96. The molecule has 16 heavy (non-hydrogen) atoms. The highest BCUT2D eigenvalue weighted by Gasteiger charge is 2.26. The van der Waals surface area contributed by atoms with Crippen LogP contribution in [0.15, 0.2) is 24.4 Å². The monoisotopic (exact) mass is 219 g/mol. The summed E-state index contributed by atoms with van der Waals surface area (Å²) in [5.41, 5.74) is 7.00. The lowest BCUT2D eigenvalue weighted by atomic mass is 9.99. The fourth-order valence-electron chi connectivity index (χ4n) is 2.58. The van der Waals surface area contributed by atoms with Gasteiger partial charge in [-0.05, 0) is 38.4 Å². The van der Waals surface area contributed by atoms with E-state index in [9.17, 15) is 0 Å². The van der Waals surface area contributed by atoms with Crippen LogP contribution in [0, 0.1) is 0 Å². The average Bonchev–Trinajstić information content (AvgIpc) is 2.39. The molecule has 0 spiro atoms. The fraction of sp³-hybridized carbons (Fsp3) is 0.615. The summed E-state index contributed by atoms with van der Waals surface area (Å²) in [5, 5.41) is 0. The van der Waals surface area contributed by atoms with Gasteiger partial charge in [0, 0.05) is 24.8 Å². The second kappa shape index (κ2) is 5.41.